The van der Waals surface area contributed by atoms with Crippen molar-refractivity contribution in [2.24, 2.45) is 0 Å². The van der Waals surface area contributed by atoms with Gasteiger partial charge in [-0.05, 0) is 48.4 Å². The Hall–Kier alpha value is -4.58. The molecule has 3 heterocycles. The molecule has 0 unspecified atom stereocenters. The number of anilines is 1. The minimum atomic E-state index is -0.272. The number of urea groups is 1. The molecule has 1 aliphatic heterocycles. The number of amides is 2. The standard InChI is InChI=1S/C30H27N5O/c1-2-26-25-21-34(30(36)31-23-15-8-4-9-16-23)28(22-13-6-3-7-14-22)27-19-12-20-33(27)29(25)35(32-26)24-17-10-5-11-18-24/h3-20,28H,2,21H2,1H3,(H,31,36)/t28-/m0/s1. The zero-order chi connectivity index (χ0) is 24.5. The van der Waals surface area contributed by atoms with Gasteiger partial charge in [0.2, 0.25) is 0 Å². The molecule has 1 atom stereocenters. The first kappa shape index (κ1) is 21.9. The molecule has 0 spiro atoms. The van der Waals surface area contributed by atoms with Crippen LogP contribution >= 0.6 is 0 Å². The lowest BCUT2D eigenvalue weighted by Crippen LogP contribution is -2.38. The quantitative estimate of drug-likeness (QED) is 0.330. The van der Waals surface area contributed by atoms with E-state index in [1.54, 1.807) is 0 Å². The monoisotopic (exact) mass is 473 g/mol. The van der Waals surface area contributed by atoms with E-state index in [1.165, 1.54) is 0 Å². The number of nitrogens with one attached hydrogen (secondary N) is 1. The molecule has 6 rings (SSSR count). The van der Waals surface area contributed by atoms with E-state index in [0.717, 1.165) is 46.1 Å². The molecule has 2 amide bonds. The van der Waals surface area contributed by atoms with E-state index in [2.05, 4.69) is 53.3 Å². The molecule has 0 radical (unpaired) electrons. The number of fused-ring (bicyclic) bond motifs is 3. The average molecular weight is 474 g/mol. The van der Waals surface area contributed by atoms with Crippen molar-refractivity contribution in [3.8, 4) is 11.5 Å². The second-order valence-corrected chi connectivity index (χ2v) is 8.89. The molecule has 1 N–H and O–H groups in total. The van der Waals surface area contributed by atoms with Gasteiger partial charge in [0.05, 0.1) is 29.7 Å². The fourth-order valence-corrected chi connectivity index (χ4v) is 5.05. The summed E-state index contributed by atoms with van der Waals surface area (Å²) in [5, 5.41) is 8.13. The summed E-state index contributed by atoms with van der Waals surface area (Å²) in [4.78, 5) is 15.8. The molecule has 36 heavy (non-hydrogen) atoms. The average Bonchev–Trinajstić information content (AvgIpc) is 3.51. The molecular weight excluding hydrogens is 446 g/mol. The van der Waals surface area contributed by atoms with Crippen LogP contribution in [0.5, 0.6) is 0 Å². The van der Waals surface area contributed by atoms with E-state index >= 15 is 0 Å². The van der Waals surface area contributed by atoms with Gasteiger partial charge in [0.1, 0.15) is 5.82 Å². The number of carbonyl (C=O) groups excluding carboxylic acids is 1. The van der Waals surface area contributed by atoms with E-state index < -0.39 is 0 Å². The highest BCUT2D eigenvalue weighted by atomic mass is 16.2. The van der Waals surface area contributed by atoms with Gasteiger partial charge in [-0.1, -0.05) is 73.7 Å². The van der Waals surface area contributed by atoms with Gasteiger partial charge in [-0.3, -0.25) is 0 Å². The van der Waals surface area contributed by atoms with E-state index in [0.29, 0.717) is 6.54 Å². The molecule has 0 saturated heterocycles. The highest BCUT2D eigenvalue weighted by molar-refractivity contribution is 5.90. The van der Waals surface area contributed by atoms with Crippen molar-refractivity contribution >= 4 is 11.7 Å². The molecule has 3 aromatic carbocycles. The first-order valence-electron chi connectivity index (χ1n) is 12.3. The molecule has 0 fully saturated rings. The van der Waals surface area contributed by atoms with E-state index in [-0.39, 0.29) is 12.1 Å². The number of benzene rings is 3. The molecule has 1 aliphatic rings. The van der Waals surface area contributed by atoms with Crippen LogP contribution in [0.25, 0.3) is 11.5 Å². The van der Waals surface area contributed by atoms with Crippen molar-refractivity contribution in [3.63, 3.8) is 0 Å². The number of hydrogen-bond donors (Lipinski definition) is 1. The van der Waals surface area contributed by atoms with Crippen molar-refractivity contribution in [3.05, 3.63) is 132 Å². The number of rotatable bonds is 4. The summed E-state index contributed by atoms with van der Waals surface area (Å²) in [6, 6.07) is 33.8. The van der Waals surface area contributed by atoms with Gasteiger partial charge in [-0.2, -0.15) is 5.10 Å². The normalized spacial score (nSPS) is 14.6. The molecule has 0 aliphatic carbocycles. The van der Waals surface area contributed by atoms with Crippen LogP contribution in [0.2, 0.25) is 0 Å². The largest absolute Gasteiger partial charge is 0.322 e. The Kier molecular flexibility index (Phi) is 5.62. The van der Waals surface area contributed by atoms with Gasteiger partial charge in [0.15, 0.2) is 0 Å². The first-order valence-corrected chi connectivity index (χ1v) is 12.3. The summed E-state index contributed by atoms with van der Waals surface area (Å²) in [5.41, 5.74) is 5.88. The Bertz CT molecular complexity index is 1490. The third-order valence-corrected chi connectivity index (χ3v) is 6.71. The maximum atomic E-state index is 13.9. The van der Waals surface area contributed by atoms with Crippen LogP contribution < -0.4 is 5.32 Å². The second-order valence-electron chi connectivity index (χ2n) is 8.89. The zero-order valence-electron chi connectivity index (χ0n) is 20.1. The maximum absolute atomic E-state index is 13.9. The summed E-state index contributed by atoms with van der Waals surface area (Å²) < 4.78 is 4.21. The van der Waals surface area contributed by atoms with Crippen molar-refractivity contribution in [1.29, 1.82) is 0 Å². The highest BCUT2D eigenvalue weighted by Crippen LogP contribution is 2.38. The van der Waals surface area contributed by atoms with Crippen LogP contribution in [0.3, 0.4) is 0 Å². The van der Waals surface area contributed by atoms with E-state index in [4.69, 9.17) is 5.10 Å². The van der Waals surface area contributed by atoms with Crippen molar-refractivity contribution in [2.75, 3.05) is 5.32 Å². The lowest BCUT2D eigenvalue weighted by atomic mass is 10.0. The number of hydrogen-bond acceptors (Lipinski definition) is 2. The summed E-state index contributed by atoms with van der Waals surface area (Å²) in [5.74, 6) is 0.981. The molecule has 0 saturated carbocycles. The highest BCUT2D eigenvalue weighted by Gasteiger charge is 2.36. The van der Waals surface area contributed by atoms with Gasteiger partial charge in [0, 0.05) is 17.4 Å². The van der Waals surface area contributed by atoms with Gasteiger partial charge >= 0.3 is 6.03 Å². The number of aryl methyl sites for hydroxylation is 1. The SMILES string of the molecule is CCc1nn(-c2ccccc2)c2c1CN(C(=O)Nc1ccccc1)[C@@H](c1ccccc1)c1cccn1-2. The number of carbonyl (C=O) groups is 1. The lowest BCUT2D eigenvalue weighted by Gasteiger charge is -2.31. The van der Waals surface area contributed by atoms with Gasteiger partial charge < -0.3 is 14.8 Å². The van der Waals surface area contributed by atoms with Crippen LogP contribution in [0.1, 0.15) is 35.5 Å². The Morgan fingerprint density at radius 3 is 2.25 bits per heavy atom. The second kappa shape index (κ2) is 9.23. The van der Waals surface area contributed by atoms with Gasteiger partial charge in [-0.25, -0.2) is 9.48 Å². The molecule has 0 bridgehead atoms. The van der Waals surface area contributed by atoms with Gasteiger partial charge in [0.25, 0.3) is 0 Å². The molecule has 6 heteroatoms. The van der Waals surface area contributed by atoms with Crippen LogP contribution in [0, 0.1) is 0 Å². The maximum Gasteiger partial charge on any atom is 0.322 e. The van der Waals surface area contributed by atoms with Crippen molar-refractivity contribution in [1.82, 2.24) is 19.2 Å². The fraction of sp³-hybridized carbons (Fsp3) is 0.133. The third kappa shape index (κ3) is 3.77. The molecular formula is C30H27N5O. The van der Waals surface area contributed by atoms with E-state index in [9.17, 15) is 4.79 Å². The van der Waals surface area contributed by atoms with Crippen LogP contribution in [-0.4, -0.2) is 25.3 Å². The smallest absolute Gasteiger partial charge is 0.308 e. The summed E-state index contributed by atoms with van der Waals surface area (Å²) >= 11 is 0. The number of nitrogens with zero attached hydrogens (tertiary/aromatic N) is 4. The first-order chi connectivity index (χ1) is 17.7. The minimum Gasteiger partial charge on any atom is -0.308 e. The predicted octanol–water partition coefficient (Wildman–Crippen LogP) is 6.36. The third-order valence-electron chi connectivity index (χ3n) is 6.71. The molecule has 6 nitrogen and oxygen atoms in total. The Labute approximate surface area is 210 Å². The topological polar surface area (TPSA) is 55.1 Å². The number of aromatic nitrogens is 3. The molecule has 2 aromatic heterocycles. The Morgan fingerprint density at radius 1 is 0.889 bits per heavy atom. The van der Waals surface area contributed by atoms with Crippen molar-refractivity contribution in [2.45, 2.75) is 25.9 Å². The number of para-hydroxylation sites is 2. The predicted molar refractivity (Wildman–Crippen MR) is 142 cm³/mol. The zero-order valence-corrected chi connectivity index (χ0v) is 20.1. The molecule has 5 aromatic rings. The van der Waals surface area contributed by atoms with Crippen LogP contribution in [-0.2, 0) is 13.0 Å². The Morgan fingerprint density at radius 2 is 1.56 bits per heavy atom. The van der Waals surface area contributed by atoms with Crippen molar-refractivity contribution < 1.29 is 4.79 Å². The van der Waals surface area contributed by atoms with Gasteiger partial charge in [-0.15, -0.1) is 0 Å². The summed E-state index contributed by atoms with van der Waals surface area (Å²) in [6.45, 7) is 2.55. The summed E-state index contributed by atoms with van der Waals surface area (Å²) in [6.07, 6.45) is 2.84. The van der Waals surface area contributed by atoms with E-state index in [1.807, 2.05) is 82.4 Å². The minimum absolute atomic E-state index is 0.148. The van der Waals surface area contributed by atoms with Crippen LogP contribution in [0.15, 0.2) is 109 Å². The van der Waals surface area contributed by atoms with Crippen LogP contribution in [0.4, 0.5) is 10.5 Å². The summed E-state index contributed by atoms with van der Waals surface area (Å²) in [7, 11) is 0. The fourth-order valence-electron chi connectivity index (χ4n) is 5.05. The lowest BCUT2D eigenvalue weighted by molar-refractivity contribution is 0.194. The molecule has 178 valence electrons. The Balaban J connectivity index is 1.56.